The highest BCUT2D eigenvalue weighted by Gasteiger charge is 2.22. The summed E-state index contributed by atoms with van der Waals surface area (Å²) in [4.78, 5) is 15.4. The van der Waals surface area contributed by atoms with Crippen LogP contribution >= 0.6 is 0 Å². The first-order valence-corrected chi connectivity index (χ1v) is 9.21. The monoisotopic (exact) mass is 368 g/mol. The molecule has 0 N–H and O–H groups in total. The topological polar surface area (TPSA) is 77.7 Å². The van der Waals surface area contributed by atoms with Gasteiger partial charge in [0.1, 0.15) is 0 Å². The smallest absolute Gasteiger partial charge is 0.231 e. The van der Waals surface area contributed by atoms with Crippen molar-refractivity contribution in [3.63, 3.8) is 0 Å². The lowest BCUT2D eigenvalue weighted by Crippen LogP contribution is -2.36. The van der Waals surface area contributed by atoms with Crippen molar-refractivity contribution >= 4 is 11.6 Å². The predicted octanol–water partition coefficient (Wildman–Crippen LogP) is 2.44. The molecule has 1 fully saturated rings. The number of imidazole rings is 1. The quantitative estimate of drug-likeness (QED) is 0.684. The Morgan fingerprint density at radius 1 is 1.11 bits per heavy atom. The molecule has 3 aromatic heterocycles. The Kier molecular flexibility index (Phi) is 4.79. The van der Waals surface area contributed by atoms with Crippen molar-refractivity contribution in [2.75, 3.05) is 31.7 Å². The van der Waals surface area contributed by atoms with Crippen LogP contribution in [-0.4, -0.2) is 51.4 Å². The minimum atomic E-state index is 0.502. The lowest BCUT2D eigenvalue weighted by atomic mass is 9.98. The van der Waals surface area contributed by atoms with Gasteiger partial charge in [-0.3, -0.25) is 0 Å². The van der Waals surface area contributed by atoms with Gasteiger partial charge in [-0.1, -0.05) is 0 Å². The lowest BCUT2D eigenvalue weighted by Gasteiger charge is -2.31. The van der Waals surface area contributed by atoms with Gasteiger partial charge >= 0.3 is 0 Å². The molecule has 8 nitrogen and oxygen atoms in total. The van der Waals surface area contributed by atoms with E-state index in [4.69, 9.17) is 9.47 Å². The van der Waals surface area contributed by atoms with Gasteiger partial charge in [-0.2, -0.15) is 0 Å². The van der Waals surface area contributed by atoms with E-state index in [9.17, 15) is 0 Å². The van der Waals surface area contributed by atoms with E-state index in [1.165, 1.54) is 0 Å². The molecule has 27 heavy (non-hydrogen) atoms. The van der Waals surface area contributed by atoms with Crippen LogP contribution in [0.4, 0.5) is 5.95 Å². The lowest BCUT2D eigenvalue weighted by molar-refractivity contribution is 0.213. The molecule has 1 aliphatic rings. The maximum atomic E-state index is 5.96. The van der Waals surface area contributed by atoms with Gasteiger partial charge in [0.2, 0.25) is 11.8 Å². The first-order valence-electron chi connectivity index (χ1n) is 9.21. The van der Waals surface area contributed by atoms with Crippen molar-refractivity contribution in [3.05, 3.63) is 35.9 Å². The maximum Gasteiger partial charge on any atom is 0.231 e. The summed E-state index contributed by atoms with van der Waals surface area (Å²) >= 11 is 0. The predicted molar refractivity (Wildman–Crippen MR) is 101 cm³/mol. The molecule has 1 saturated heterocycles. The van der Waals surface area contributed by atoms with Crippen molar-refractivity contribution in [2.45, 2.75) is 26.7 Å². The van der Waals surface area contributed by atoms with E-state index < -0.39 is 0 Å². The Morgan fingerprint density at radius 2 is 1.85 bits per heavy atom. The van der Waals surface area contributed by atoms with E-state index in [1.807, 2.05) is 30.5 Å². The number of aromatic nitrogens is 5. The summed E-state index contributed by atoms with van der Waals surface area (Å²) < 4.78 is 12.9. The molecule has 0 atom stereocenters. The zero-order valence-corrected chi connectivity index (χ0v) is 15.9. The molecular weight excluding hydrogens is 344 g/mol. The van der Waals surface area contributed by atoms with Crippen LogP contribution in [0, 0.1) is 19.8 Å². The SMILES string of the molecule is COc1cnc(N2CCC(COc3ccc4nc(C)c(C)n4n3)CC2)nc1. The number of hydrogen-bond acceptors (Lipinski definition) is 7. The number of methoxy groups -OCH3 is 1. The first-order chi connectivity index (χ1) is 13.1. The van der Waals surface area contributed by atoms with E-state index in [1.54, 1.807) is 19.5 Å². The molecular formula is C19H24N6O2. The molecule has 1 aliphatic heterocycles. The third-order valence-electron chi connectivity index (χ3n) is 5.13. The van der Waals surface area contributed by atoms with Gasteiger partial charge in [-0.05, 0) is 38.7 Å². The number of fused-ring (bicyclic) bond motifs is 1. The standard InChI is InChI=1S/C19H24N6O2/c1-13-14(2)25-17(22-13)4-5-18(23-25)27-12-15-6-8-24(9-7-15)19-20-10-16(26-3)11-21-19/h4-5,10-11,15H,6-9,12H2,1-3H3. The second kappa shape index (κ2) is 7.38. The molecule has 3 aromatic rings. The highest BCUT2D eigenvalue weighted by molar-refractivity contribution is 5.42. The zero-order valence-electron chi connectivity index (χ0n) is 15.9. The van der Waals surface area contributed by atoms with E-state index in [0.29, 0.717) is 24.2 Å². The molecule has 0 aliphatic carbocycles. The summed E-state index contributed by atoms with van der Waals surface area (Å²) in [6.07, 6.45) is 5.50. The minimum Gasteiger partial charge on any atom is -0.494 e. The second-order valence-electron chi connectivity index (χ2n) is 6.89. The highest BCUT2D eigenvalue weighted by Crippen LogP contribution is 2.22. The second-order valence-corrected chi connectivity index (χ2v) is 6.89. The molecule has 0 bridgehead atoms. The van der Waals surface area contributed by atoms with Gasteiger partial charge in [0.25, 0.3) is 0 Å². The number of piperidine rings is 1. The fraction of sp³-hybridized carbons (Fsp3) is 0.474. The van der Waals surface area contributed by atoms with Crippen LogP contribution in [0.25, 0.3) is 5.65 Å². The number of anilines is 1. The Labute approximate surface area is 158 Å². The van der Waals surface area contributed by atoms with Crippen LogP contribution in [0.15, 0.2) is 24.5 Å². The molecule has 0 unspecified atom stereocenters. The summed E-state index contributed by atoms with van der Waals surface area (Å²) in [5, 5.41) is 4.55. The minimum absolute atomic E-state index is 0.502. The Bertz CT molecular complexity index is 916. The molecule has 142 valence electrons. The Morgan fingerprint density at radius 3 is 2.56 bits per heavy atom. The van der Waals surface area contributed by atoms with Gasteiger partial charge in [0.15, 0.2) is 11.4 Å². The summed E-state index contributed by atoms with van der Waals surface area (Å²) in [6, 6.07) is 3.84. The number of rotatable bonds is 5. The summed E-state index contributed by atoms with van der Waals surface area (Å²) in [5.74, 6) is 2.58. The molecule has 8 heteroatoms. The van der Waals surface area contributed by atoms with Crippen molar-refractivity contribution in [1.29, 1.82) is 0 Å². The molecule has 0 saturated carbocycles. The van der Waals surface area contributed by atoms with Crippen LogP contribution in [0.1, 0.15) is 24.2 Å². The molecule has 0 amide bonds. The fourth-order valence-electron chi connectivity index (χ4n) is 3.29. The molecule has 0 spiro atoms. The van der Waals surface area contributed by atoms with Crippen molar-refractivity contribution in [3.8, 4) is 11.6 Å². The Hall–Kier alpha value is -2.90. The number of hydrogen-bond donors (Lipinski definition) is 0. The largest absolute Gasteiger partial charge is 0.494 e. The number of ether oxygens (including phenoxy) is 2. The number of nitrogens with zero attached hydrogens (tertiary/aromatic N) is 6. The maximum absolute atomic E-state index is 5.96. The van der Waals surface area contributed by atoms with Crippen molar-refractivity contribution in [2.24, 2.45) is 5.92 Å². The van der Waals surface area contributed by atoms with E-state index in [0.717, 1.165) is 48.9 Å². The summed E-state index contributed by atoms with van der Waals surface area (Å²) in [5.41, 5.74) is 2.89. The summed E-state index contributed by atoms with van der Waals surface area (Å²) in [7, 11) is 1.62. The van der Waals surface area contributed by atoms with Gasteiger partial charge in [0, 0.05) is 19.2 Å². The molecule has 4 rings (SSSR count). The fourth-order valence-corrected chi connectivity index (χ4v) is 3.29. The van der Waals surface area contributed by atoms with Crippen molar-refractivity contribution in [1.82, 2.24) is 24.6 Å². The first kappa shape index (κ1) is 17.5. The molecule has 4 heterocycles. The van der Waals surface area contributed by atoms with Crippen LogP contribution < -0.4 is 14.4 Å². The van der Waals surface area contributed by atoms with E-state index >= 15 is 0 Å². The summed E-state index contributed by atoms with van der Waals surface area (Å²) in [6.45, 7) is 6.52. The molecule has 0 radical (unpaired) electrons. The average Bonchev–Trinajstić information content (AvgIpc) is 3.00. The third kappa shape index (κ3) is 3.65. The van der Waals surface area contributed by atoms with Crippen LogP contribution in [-0.2, 0) is 0 Å². The highest BCUT2D eigenvalue weighted by atomic mass is 16.5. The van der Waals surface area contributed by atoms with Gasteiger partial charge in [0.05, 0.1) is 37.5 Å². The zero-order chi connectivity index (χ0) is 18.8. The van der Waals surface area contributed by atoms with E-state index in [-0.39, 0.29) is 0 Å². The van der Waals surface area contributed by atoms with Crippen LogP contribution in [0.5, 0.6) is 11.6 Å². The van der Waals surface area contributed by atoms with E-state index in [2.05, 4.69) is 25.0 Å². The van der Waals surface area contributed by atoms with Gasteiger partial charge in [-0.15, -0.1) is 5.10 Å². The van der Waals surface area contributed by atoms with Crippen LogP contribution in [0.2, 0.25) is 0 Å². The third-order valence-corrected chi connectivity index (χ3v) is 5.13. The number of aryl methyl sites for hydroxylation is 2. The van der Waals surface area contributed by atoms with Crippen LogP contribution in [0.3, 0.4) is 0 Å². The van der Waals surface area contributed by atoms with Gasteiger partial charge in [-0.25, -0.2) is 19.5 Å². The van der Waals surface area contributed by atoms with Gasteiger partial charge < -0.3 is 14.4 Å². The van der Waals surface area contributed by atoms with Crippen molar-refractivity contribution < 1.29 is 9.47 Å². The molecule has 0 aromatic carbocycles. The average molecular weight is 368 g/mol. The normalized spacial score (nSPS) is 15.3. The Balaban J connectivity index is 1.32.